The van der Waals surface area contributed by atoms with Gasteiger partial charge in [0, 0.05) is 26.1 Å². The van der Waals surface area contributed by atoms with E-state index >= 15 is 0 Å². The zero-order valence-corrected chi connectivity index (χ0v) is 8.91. The lowest BCUT2D eigenvalue weighted by molar-refractivity contribution is -0.137. The van der Waals surface area contributed by atoms with Crippen LogP contribution in [-0.4, -0.2) is 24.7 Å². The van der Waals surface area contributed by atoms with Crippen LogP contribution in [0, 0.1) is 11.6 Å². The molecular formula is C11H13F2NO2. The van der Waals surface area contributed by atoms with E-state index in [0.717, 1.165) is 18.2 Å². The Bertz CT molecular complexity index is 382. The maximum atomic E-state index is 13.3. The summed E-state index contributed by atoms with van der Waals surface area (Å²) in [5.41, 5.74) is 0.144. The monoisotopic (exact) mass is 229 g/mol. The van der Waals surface area contributed by atoms with Crippen molar-refractivity contribution in [1.82, 2.24) is 0 Å². The van der Waals surface area contributed by atoms with E-state index in [1.807, 2.05) is 0 Å². The lowest BCUT2D eigenvalue weighted by Gasteiger charge is -2.19. The number of anilines is 1. The molecule has 0 saturated heterocycles. The topological polar surface area (TPSA) is 40.5 Å². The van der Waals surface area contributed by atoms with Crippen molar-refractivity contribution in [2.45, 2.75) is 12.8 Å². The molecule has 3 nitrogen and oxygen atoms in total. The smallest absolute Gasteiger partial charge is 0.303 e. The molecule has 0 saturated carbocycles. The third-order valence-electron chi connectivity index (χ3n) is 2.20. The molecule has 0 aromatic heterocycles. The summed E-state index contributed by atoms with van der Waals surface area (Å²) in [5, 5.41) is 8.44. The van der Waals surface area contributed by atoms with Gasteiger partial charge in [0.25, 0.3) is 0 Å². The molecule has 0 aliphatic carbocycles. The minimum atomic E-state index is -0.895. The van der Waals surface area contributed by atoms with Crippen molar-refractivity contribution in [3.8, 4) is 0 Å². The summed E-state index contributed by atoms with van der Waals surface area (Å²) in [7, 11) is 1.60. The van der Waals surface area contributed by atoms with Gasteiger partial charge in [-0.2, -0.15) is 0 Å². The van der Waals surface area contributed by atoms with E-state index in [2.05, 4.69) is 0 Å². The average molecular weight is 229 g/mol. The van der Waals surface area contributed by atoms with Crippen molar-refractivity contribution in [3.05, 3.63) is 29.8 Å². The first-order valence-electron chi connectivity index (χ1n) is 4.88. The van der Waals surface area contributed by atoms with Gasteiger partial charge >= 0.3 is 5.97 Å². The maximum Gasteiger partial charge on any atom is 0.303 e. The van der Waals surface area contributed by atoms with Crippen molar-refractivity contribution in [2.24, 2.45) is 0 Å². The number of rotatable bonds is 5. The van der Waals surface area contributed by atoms with E-state index in [1.54, 1.807) is 7.05 Å². The molecule has 88 valence electrons. The van der Waals surface area contributed by atoms with Crippen LogP contribution in [0.15, 0.2) is 18.2 Å². The number of carboxylic acid groups (broad SMARTS) is 1. The van der Waals surface area contributed by atoms with E-state index in [9.17, 15) is 13.6 Å². The molecule has 0 atom stereocenters. The Labute approximate surface area is 92.3 Å². The van der Waals surface area contributed by atoms with Gasteiger partial charge in [-0.1, -0.05) is 0 Å². The molecule has 0 heterocycles. The van der Waals surface area contributed by atoms with Crippen LogP contribution in [0.1, 0.15) is 12.8 Å². The summed E-state index contributed by atoms with van der Waals surface area (Å²) in [4.78, 5) is 11.8. The number of carboxylic acids is 1. The van der Waals surface area contributed by atoms with Crippen molar-refractivity contribution < 1.29 is 18.7 Å². The van der Waals surface area contributed by atoms with Gasteiger partial charge in [0.1, 0.15) is 11.6 Å². The molecule has 0 fully saturated rings. The van der Waals surface area contributed by atoms with Crippen LogP contribution in [-0.2, 0) is 4.79 Å². The molecule has 1 N–H and O–H groups in total. The summed E-state index contributed by atoms with van der Waals surface area (Å²) in [6.07, 6.45) is 0.406. The quantitative estimate of drug-likeness (QED) is 0.842. The standard InChI is InChI=1S/C11H13F2NO2/c1-14(6-2-3-11(15)16)10-7-8(12)4-5-9(10)13/h4-5,7H,2-3,6H2,1H3,(H,15,16). The van der Waals surface area contributed by atoms with E-state index in [4.69, 9.17) is 5.11 Å². The van der Waals surface area contributed by atoms with Crippen LogP contribution in [0.2, 0.25) is 0 Å². The number of benzene rings is 1. The van der Waals surface area contributed by atoms with Crippen molar-refractivity contribution in [3.63, 3.8) is 0 Å². The van der Waals surface area contributed by atoms with Gasteiger partial charge in [0.05, 0.1) is 5.69 Å². The fraction of sp³-hybridized carbons (Fsp3) is 0.364. The second kappa shape index (κ2) is 5.44. The first-order valence-corrected chi connectivity index (χ1v) is 4.88. The zero-order chi connectivity index (χ0) is 12.1. The summed E-state index contributed by atoms with van der Waals surface area (Å²) >= 11 is 0. The molecule has 0 unspecified atom stereocenters. The van der Waals surface area contributed by atoms with Crippen LogP contribution in [0.25, 0.3) is 0 Å². The highest BCUT2D eigenvalue weighted by atomic mass is 19.1. The third kappa shape index (κ3) is 3.49. The number of hydrogen-bond acceptors (Lipinski definition) is 2. The number of nitrogens with zero attached hydrogens (tertiary/aromatic N) is 1. The van der Waals surface area contributed by atoms with Crippen LogP contribution < -0.4 is 4.90 Å². The highest BCUT2D eigenvalue weighted by molar-refractivity contribution is 5.66. The first-order chi connectivity index (χ1) is 7.50. The van der Waals surface area contributed by atoms with Gasteiger partial charge in [-0.05, 0) is 18.6 Å². The van der Waals surface area contributed by atoms with E-state index in [0.29, 0.717) is 13.0 Å². The van der Waals surface area contributed by atoms with Crippen LogP contribution in [0.5, 0.6) is 0 Å². The third-order valence-corrected chi connectivity index (χ3v) is 2.20. The maximum absolute atomic E-state index is 13.3. The van der Waals surface area contributed by atoms with Crippen LogP contribution in [0.4, 0.5) is 14.5 Å². The Balaban J connectivity index is 2.61. The van der Waals surface area contributed by atoms with E-state index in [-0.39, 0.29) is 12.1 Å². The Hall–Kier alpha value is -1.65. The summed E-state index contributed by atoms with van der Waals surface area (Å²) in [6, 6.07) is 3.19. The van der Waals surface area contributed by atoms with Crippen molar-refractivity contribution in [1.29, 1.82) is 0 Å². The van der Waals surface area contributed by atoms with Gasteiger partial charge in [-0.3, -0.25) is 4.79 Å². The van der Waals surface area contributed by atoms with Gasteiger partial charge in [-0.25, -0.2) is 8.78 Å². The Morgan fingerprint density at radius 2 is 2.12 bits per heavy atom. The highest BCUT2D eigenvalue weighted by Crippen LogP contribution is 2.19. The van der Waals surface area contributed by atoms with Crippen LogP contribution in [0.3, 0.4) is 0 Å². The predicted molar refractivity (Wildman–Crippen MR) is 56.5 cm³/mol. The van der Waals surface area contributed by atoms with E-state index in [1.165, 1.54) is 4.90 Å². The second-order valence-electron chi connectivity index (χ2n) is 3.51. The number of carbonyl (C=O) groups is 1. The molecule has 0 radical (unpaired) electrons. The van der Waals surface area contributed by atoms with Gasteiger partial charge < -0.3 is 10.0 Å². The largest absolute Gasteiger partial charge is 0.481 e. The molecule has 0 aliphatic rings. The number of aliphatic carboxylic acids is 1. The zero-order valence-electron chi connectivity index (χ0n) is 8.91. The minimum absolute atomic E-state index is 0.0152. The minimum Gasteiger partial charge on any atom is -0.481 e. The molecule has 0 amide bonds. The predicted octanol–water partition coefficient (Wildman–Crippen LogP) is 2.27. The number of halogens is 2. The average Bonchev–Trinajstić information content (AvgIpc) is 2.21. The molecule has 0 bridgehead atoms. The van der Waals surface area contributed by atoms with Gasteiger partial charge in [-0.15, -0.1) is 0 Å². The molecule has 5 heteroatoms. The number of hydrogen-bond donors (Lipinski definition) is 1. The van der Waals surface area contributed by atoms with Gasteiger partial charge in [0.2, 0.25) is 0 Å². The van der Waals surface area contributed by atoms with Crippen molar-refractivity contribution in [2.75, 3.05) is 18.5 Å². The Morgan fingerprint density at radius 3 is 2.75 bits per heavy atom. The molecule has 1 rings (SSSR count). The molecule has 1 aromatic carbocycles. The molecule has 1 aromatic rings. The normalized spacial score (nSPS) is 10.2. The Morgan fingerprint density at radius 1 is 1.44 bits per heavy atom. The molecule has 0 aliphatic heterocycles. The van der Waals surface area contributed by atoms with Crippen LogP contribution >= 0.6 is 0 Å². The summed E-state index contributed by atoms with van der Waals surface area (Å²) in [6.45, 7) is 0.368. The Kier molecular flexibility index (Phi) is 4.22. The second-order valence-corrected chi connectivity index (χ2v) is 3.51. The molecule has 16 heavy (non-hydrogen) atoms. The molecular weight excluding hydrogens is 216 g/mol. The fourth-order valence-electron chi connectivity index (χ4n) is 1.37. The fourth-order valence-corrected chi connectivity index (χ4v) is 1.37. The highest BCUT2D eigenvalue weighted by Gasteiger charge is 2.09. The summed E-state index contributed by atoms with van der Waals surface area (Å²) in [5.74, 6) is -1.92. The van der Waals surface area contributed by atoms with E-state index < -0.39 is 17.6 Å². The van der Waals surface area contributed by atoms with Gasteiger partial charge in [0.15, 0.2) is 0 Å². The molecule has 0 spiro atoms. The lowest BCUT2D eigenvalue weighted by Crippen LogP contribution is -2.20. The SMILES string of the molecule is CN(CCCC(=O)O)c1cc(F)ccc1F. The lowest BCUT2D eigenvalue weighted by atomic mass is 10.2. The summed E-state index contributed by atoms with van der Waals surface area (Å²) < 4.78 is 26.2. The van der Waals surface area contributed by atoms with Crippen molar-refractivity contribution >= 4 is 11.7 Å². The first kappa shape index (κ1) is 12.4.